The fraction of sp³-hybridized carbons (Fsp3) is 0.556. The van der Waals surface area contributed by atoms with Gasteiger partial charge in [0.1, 0.15) is 5.60 Å². The van der Waals surface area contributed by atoms with E-state index in [1.807, 2.05) is 6.92 Å². The number of non-ortho nitro benzene ring substituents is 1. The molecule has 0 radical (unpaired) electrons. The molecule has 22 heavy (non-hydrogen) atoms. The van der Waals surface area contributed by atoms with Crippen LogP contribution in [0.25, 0.3) is 0 Å². The number of nitro groups is 1. The van der Waals surface area contributed by atoms with Crippen molar-refractivity contribution in [2.24, 2.45) is 5.92 Å². The lowest BCUT2D eigenvalue weighted by Crippen LogP contribution is -2.29. The first kappa shape index (κ1) is 18.2. The van der Waals surface area contributed by atoms with Crippen molar-refractivity contribution in [2.45, 2.75) is 58.5 Å². The Bertz CT molecular complexity index is 538. The largest absolute Gasteiger partial charge is 0.384 e. The number of nitrogens with zero attached hydrogens (tertiary/aromatic N) is 1. The van der Waals surface area contributed by atoms with Gasteiger partial charge in [-0.05, 0) is 38.0 Å². The van der Waals surface area contributed by atoms with E-state index in [2.05, 4.69) is 18.8 Å². The molecule has 0 spiro atoms. The first-order valence-electron chi connectivity index (χ1n) is 7.85. The van der Waals surface area contributed by atoms with E-state index >= 15 is 0 Å². The maximum absolute atomic E-state index is 10.7. The Labute approximate surface area is 132 Å². The monoisotopic (exact) mass is 303 g/mol. The summed E-state index contributed by atoms with van der Waals surface area (Å²) in [4.78, 5) is 10.2. The summed E-state index contributed by atoms with van der Waals surface area (Å²) in [6.07, 6.45) is 5.57. The van der Waals surface area contributed by atoms with E-state index in [1.165, 1.54) is 31.4 Å². The van der Waals surface area contributed by atoms with Gasteiger partial charge in [0.05, 0.1) is 10.8 Å². The van der Waals surface area contributed by atoms with E-state index in [4.69, 9.17) is 0 Å². The number of hydrogen-bond acceptors (Lipinski definition) is 3. The van der Waals surface area contributed by atoms with Crippen LogP contribution in [0.5, 0.6) is 0 Å². The minimum absolute atomic E-state index is 0.0224. The van der Waals surface area contributed by atoms with Crippen molar-refractivity contribution in [3.05, 3.63) is 39.9 Å². The predicted molar refractivity (Wildman–Crippen MR) is 88.4 cm³/mol. The van der Waals surface area contributed by atoms with E-state index in [-0.39, 0.29) is 11.6 Å². The highest BCUT2D eigenvalue weighted by Gasteiger charge is 2.29. The summed E-state index contributed by atoms with van der Waals surface area (Å²) in [7, 11) is 0. The molecule has 4 nitrogen and oxygen atoms in total. The van der Waals surface area contributed by atoms with Gasteiger partial charge < -0.3 is 5.11 Å². The molecule has 0 saturated heterocycles. The third-order valence-corrected chi connectivity index (χ3v) is 3.98. The van der Waals surface area contributed by atoms with Gasteiger partial charge in [-0.25, -0.2) is 0 Å². The van der Waals surface area contributed by atoms with Crippen LogP contribution in [-0.2, 0) is 5.60 Å². The molecule has 0 fully saturated rings. The standard InChI is InChI=1S/C18H25NO3/c1-4-5-6-7-8-9-10-15(2)18(3,20)16-11-13-17(14-12-16)19(21)22/h11-15,20H,4-8H2,1-3H3. The van der Waals surface area contributed by atoms with Crippen molar-refractivity contribution in [3.63, 3.8) is 0 Å². The van der Waals surface area contributed by atoms with Gasteiger partial charge in [0.15, 0.2) is 0 Å². The lowest BCUT2D eigenvalue weighted by atomic mass is 9.84. The van der Waals surface area contributed by atoms with Crippen LogP contribution in [0.1, 0.15) is 58.4 Å². The Morgan fingerprint density at radius 3 is 2.45 bits per heavy atom. The van der Waals surface area contributed by atoms with Crippen LogP contribution in [0.15, 0.2) is 24.3 Å². The summed E-state index contributed by atoms with van der Waals surface area (Å²) >= 11 is 0. The first-order chi connectivity index (χ1) is 10.4. The number of nitro benzene ring substituents is 1. The van der Waals surface area contributed by atoms with E-state index in [0.29, 0.717) is 5.56 Å². The van der Waals surface area contributed by atoms with Crippen LogP contribution in [0, 0.1) is 27.9 Å². The highest BCUT2D eigenvalue weighted by molar-refractivity contribution is 5.36. The second kappa shape index (κ2) is 8.55. The van der Waals surface area contributed by atoms with Crippen molar-refractivity contribution >= 4 is 5.69 Å². The average Bonchev–Trinajstić information content (AvgIpc) is 2.50. The summed E-state index contributed by atoms with van der Waals surface area (Å²) in [5, 5.41) is 21.3. The van der Waals surface area contributed by atoms with Gasteiger partial charge >= 0.3 is 0 Å². The van der Waals surface area contributed by atoms with Crippen molar-refractivity contribution in [1.82, 2.24) is 0 Å². The second-order valence-electron chi connectivity index (χ2n) is 5.80. The maximum atomic E-state index is 10.7. The number of hydrogen-bond donors (Lipinski definition) is 1. The second-order valence-corrected chi connectivity index (χ2v) is 5.80. The molecule has 0 amide bonds. The summed E-state index contributed by atoms with van der Waals surface area (Å²) in [5.41, 5.74) is -0.453. The summed E-state index contributed by atoms with van der Waals surface area (Å²) < 4.78 is 0. The number of unbranched alkanes of at least 4 members (excludes halogenated alkanes) is 4. The normalized spacial score (nSPS) is 14.5. The van der Waals surface area contributed by atoms with E-state index < -0.39 is 10.5 Å². The molecule has 0 heterocycles. The van der Waals surface area contributed by atoms with E-state index in [0.717, 1.165) is 12.8 Å². The highest BCUT2D eigenvalue weighted by atomic mass is 16.6. The fourth-order valence-electron chi connectivity index (χ4n) is 2.18. The SMILES string of the molecule is CCCCCCC#CC(C)C(C)(O)c1ccc([N+](=O)[O-])cc1. The number of aliphatic hydroxyl groups is 1. The molecule has 1 N–H and O–H groups in total. The van der Waals surface area contributed by atoms with Crippen molar-refractivity contribution in [2.75, 3.05) is 0 Å². The molecular weight excluding hydrogens is 278 g/mol. The molecule has 1 rings (SSSR count). The molecule has 1 aromatic carbocycles. The molecule has 0 aliphatic heterocycles. The lowest BCUT2D eigenvalue weighted by molar-refractivity contribution is -0.384. The van der Waals surface area contributed by atoms with Gasteiger partial charge in [-0.2, -0.15) is 0 Å². The zero-order chi connectivity index (χ0) is 16.6. The molecule has 4 heteroatoms. The molecule has 2 unspecified atom stereocenters. The minimum Gasteiger partial charge on any atom is -0.384 e. The Hall–Kier alpha value is -1.86. The number of benzene rings is 1. The molecule has 0 aliphatic carbocycles. The Morgan fingerprint density at radius 1 is 1.27 bits per heavy atom. The Kier molecular flexibility index (Phi) is 7.07. The van der Waals surface area contributed by atoms with Gasteiger partial charge in [0, 0.05) is 18.6 Å². The van der Waals surface area contributed by atoms with Crippen molar-refractivity contribution in [3.8, 4) is 11.8 Å². The minimum atomic E-state index is -1.12. The van der Waals surface area contributed by atoms with Crippen molar-refractivity contribution < 1.29 is 10.0 Å². The topological polar surface area (TPSA) is 63.4 Å². The molecule has 0 bridgehead atoms. The molecule has 2 atom stereocenters. The fourth-order valence-corrected chi connectivity index (χ4v) is 2.18. The summed E-state index contributed by atoms with van der Waals surface area (Å²) in [5.74, 6) is 6.00. The Morgan fingerprint density at radius 2 is 1.91 bits per heavy atom. The van der Waals surface area contributed by atoms with Crippen LogP contribution in [0.4, 0.5) is 5.69 Å². The average molecular weight is 303 g/mol. The molecule has 0 saturated carbocycles. The first-order valence-corrected chi connectivity index (χ1v) is 7.85. The zero-order valence-electron chi connectivity index (χ0n) is 13.6. The van der Waals surface area contributed by atoms with Crippen molar-refractivity contribution in [1.29, 1.82) is 0 Å². The molecule has 1 aromatic rings. The maximum Gasteiger partial charge on any atom is 0.269 e. The predicted octanol–water partition coefficient (Wildman–Crippen LogP) is 4.41. The van der Waals surface area contributed by atoms with Crippen LogP contribution < -0.4 is 0 Å². The van der Waals surface area contributed by atoms with Crippen LogP contribution in [0.3, 0.4) is 0 Å². The zero-order valence-corrected chi connectivity index (χ0v) is 13.6. The summed E-state index contributed by atoms with van der Waals surface area (Å²) in [6, 6.07) is 6.01. The third kappa shape index (κ3) is 5.16. The molecule has 0 aliphatic rings. The lowest BCUT2D eigenvalue weighted by Gasteiger charge is -2.27. The van der Waals surface area contributed by atoms with Crippen LogP contribution >= 0.6 is 0 Å². The number of rotatable bonds is 7. The van der Waals surface area contributed by atoms with Gasteiger partial charge in [-0.1, -0.05) is 32.1 Å². The summed E-state index contributed by atoms with van der Waals surface area (Å²) in [6.45, 7) is 5.75. The third-order valence-electron chi connectivity index (χ3n) is 3.98. The highest BCUT2D eigenvalue weighted by Crippen LogP contribution is 2.30. The smallest absolute Gasteiger partial charge is 0.269 e. The van der Waals surface area contributed by atoms with Gasteiger partial charge in [-0.3, -0.25) is 10.1 Å². The molecule has 120 valence electrons. The van der Waals surface area contributed by atoms with E-state index in [1.54, 1.807) is 19.1 Å². The van der Waals surface area contributed by atoms with Gasteiger partial charge in [-0.15, -0.1) is 5.92 Å². The van der Waals surface area contributed by atoms with Crippen LogP contribution in [-0.4, -0.2) is 10.0 Å². The van der Waals surface area contributed by atoms with Gasteiger partial charge in [0.25, 0.3) is 5.69 Å². The molecular formula is C18H25NO3. The van der Waals surface area contributed by atoms with Gasteiger partial charge in [0.2, 0.25) is 0 Å². The quantitative estimate of drug-likeness (QED) is 0.351. The Balaban J connectivity index is 2.67. The van der Waals surface area contributed by atoms with E-state index in [9.17, 15) is 15.2 Å². The molecule has 0 aromatic heterocycles. The van der Waals surface area contributed by atoms with Crippen LogP contribution in [0.2, 0.25) is 0 Å².